The van der Waals surface area contributed by atoms with Crippen molar-refractivity contribution in [2.75, 3.05) is 38.3 Å². The Morgan fingerprint density at radius 2 is 1.75 bits per heavy atom. The lowest BCUT2D eigenvalue weighted by molar-refractivity contribution is 0.0518. The van der Waals surface area contributed by atoms with Crippen molar-refractivity contribution >= 4 is 73.7 Å². The van der Waals surface area contributed by atoms with Crippen molar-refractivity contribution in [3.05, 3.63) is 87.2 Å². The van der Waals surface area contributed by atoms with Crippen LogP contribution < -0.4 is 9.70 Å². The van der Waals surface area contributed by atoms with E-state index >= 15 is 0 Å². The first-order valence-electron chi connectivity index (χ1n) is 17.8. The van der Waals surface area contributed by atoms with Crippen LogP contribution in [0.15, 0.2) is 65.7 Å². The second-order valence-electron chi connectivity index (χ2n) is 14.4. The van der Waals surface area contributed by atoms with Gasteiger partial charge < -0.3 is 14.4 Å². The van der Waals surface area contributed by atoms with E-state index < -0.39 is 24.1 Å². The van der Waals surface area contributed by atoms with E-state index in [9.17, 15) is 13.2 Å². The van der Waals surface area contributed by atoms with Crippen molar-refractivity contribution in [1.29, 1.82) is 0 Å². The zero-order valence-corrected chi connectivity index (χ0v) is 34.6. The van der Waals surface area contributed by atoms with Gasteiger partial charge in [0.05, 0.1) is 22.6 Å². The first kappa shape index (κ1) is 38.9. The average Bonchev–Trinajstić information content (AvgIpc) is 3.73. The number of ether oxygens (including phenoxy) is 2. The summed E-state index contributed by atoms with van der Waals surface area (Å²) in [4.78, 5) is 26.2. The molecule has 53 heavy (non-hydrogen) atoms. The topological polar surface area (TPSA) is 132 Å². The molecule has 3 aromatic heterocycles. The number of esters is 1. The number of sulfonamides is 1. The molecule has 1 fully saturated rings. The molecule has 1 aliphatic heterocycles. The van der Waals surface area contributed by atoms with E-state index in [4.69, 9.17) is 19.5 Å². The van der Waals surface area contributed by atoms with Crippen LogP contribution >= 0.6 is 22.7 Å². The number of aryl methyl sites for hydroxylation is 1. The first-order valence-corrected chi connectivity index (χ1v) is 24.8. The van der Waals surface area contributed by atoms with Crippen LogP contribution in [0.5, 0.6) is 0 Å². The summed E-state index contributed by atoms with van der Waals surface area (Å²) in [6.07, 6.45) is 1.14. The quantitative estimate of drug-likeness (QED) is 0.0639. The summed E-state index contributed by atoms with van der Waals surface area (Å²) in [7, 11) is -2.86. The van der Waals surface area contributed by atoms with E-state index in [1.54, 1.807) is 22.6 Å². The smallest absolute Gasteiger partial charge is 0.358 e. The Morgan fingerprint density at radius 3 is 2.45 bits per heavy atom. The third kappa shape index (κ3) is 9.47. The lowest BCUT2D eigenvalue weighted by atomic mass is 9.95. The Bertz CT molecular complexity index is 2220. The highest BCUT2D eigenvalue weighted by Gasteiger charge is 2.33. The summed E-state index contributed by atoms with van der Waals surface area (Å²) >= 11 is 2.99. The number of rotatable bonds is 14. The fourth-order valence-corrected chi connectivity index (χ4v) is 10.6. The number of aromatic nitrogens is 4. The van der Waals surface area contributed by atoms with Gasteiger partial charge in [0.15, 0.2) is 27.3 Å². The molecule has 0 amide bonds. The van der Waals surface area contributed by atoms with Crippen molar-refractivity contribution < 1.29 is 22.7 Å². The SMILES string of the molecule is CCOC(=O)c1nc(N(C)c2cc(C)c(/N=c3\sc4ccccc4n3COCC[Si](C)(C)C)nn2)sc1C1CCN(S(=O)(=O)Cc2ccccc2)CC1. The maximum Gasteiger partial charge on any atom is 0.358 e. The monoisotopic (exact) mass is 793 g/mol. The van der Waals surface area contributed by atoms with Gasteiger partial charge in [0.2, 0.25) is 10.0 Å². The van der Waals surface area contributed by atoms with Crippen LogP contribution in [0, 0.1) is 6.92 Å². The molecule has 1 saturated heterocycles. The van der Waals surface area contributed by atoms with Gasteiger partial charge in [-0.25, -0.2) is 22.5 Å². The molecule has 4 heterocycles. The number of benzene rings is 2. The van der Waals surface area contributed by atoms with Crippen LogP contribution in [0.1, 0.15) is 52.2 Å². The normalized spacial score (nSPS) is 14.9. The number of carbonyl (C=O) groups is 1. The molecule has 5 aromatic rings. The Balaban J connectivity index is 1.21. The number of piperidine rings is 1. The van der Waals surface area contributed by atoms with E-state index in [-0.39, 0.29) is 24.0 Å². The van der Waals surface area contributed by atoms with Crippen molar-refractivity contribution in [2.45, 2.75) is 70.8 Å². The molecule has 0 unspecified atom stereocenters. The van der Waals surface area contributed by atoms with E-state index in [1.165, 1.54) is 11.3 Å². The minimum atomic E-state index is -3.48. The van der Waals surface area contributed by atoms with Crippen molar-refractivity contribution in [1.82, 2.24) is 24.1 Å². The van der Waals surface area contributed by atoms with Gasteiger partial charge in [-0.05, 0) is 68.0 Å². The van der Waals surface area contributed by atoms with Crippen molar-refractivity contribution in [2.24, 2.45) is 4.99 Å². The lowest BCUT2D eigenvalue weighted by Crippen LogP contribution is -2.38. The molecule has 0 saturated carbocycles. The molecule has 16 heteroatoms. The summed E-state index contributed by atoms with van der Waals surface area (Å²) in [5.74, 6) is 0.489. The summed E-state index contributed by atoms with van der Waals surface area (Å²) in [6, 6.07) is 20.4. The minimum Gasteiger partial charge on any atom is -0.461 e. The Kier molecular flexibility index (Phi) is 12.3. The number of fused-ring (bicyclic) bond motifs is 1. The average molecular weight is 794 g/mol. The van der Waals surface area contributed by atoms with Gasteiger partial charge in [-0.3, -0.25) is 4.57 Å². The second-order valence-corrected chi connectivity index (χ2v) is 24.0. The van der Waals surface area contributed by atoms with Gasteiger partial charge in [-0.2, -0.15) is 4.99 Å². The Morgan fingerprint density at radius 1 is 1.04 bits per heavy atom. The second kappa shape index (κ2) is 16.7. The molecule has 1 aliphatic rings. The minimum absolute atomic E-state index is 0.0358. The van der Waals surface area contributed by atoms with Gasteiger partial charge in [-0.1, -0.05) is 73.4 Å². The van der Waals surface area contributed by atoms with Crippen LogP contribution in [0.3, 0.4) is 0 Å². The molecule has 0 aliphatic carbocycles. The van der Waals surface area contributed by atoms with Gasteiger partial charge in [0, 0.05) is 39.7 Å². The fraction of sp³-hybridized carbons (Fsp3) is 0.432. The standard InChI is InChI=1S/C37H47N7O5S3Si/c1-7-49-35(45)32-33(28-17-19-43(20-18-28)52(46,47)24-27-13-9-8-10-14-27)51-36(38-32)42(3)31-23-26(2)34(41-40-31)39-37-44(25-48-21-22-53(4,5)6)29-15-11-12-16-30(29)50-37/h8-16,23,28H,7,17-22,24-25H2,1-6H3/b39-37-. The first-order chi connectivity index (χ1) is 25.3. The third-order valence-electron chi connectivity index (χ3n) is 9.10. The fourth-order valence-electron chi connectivity index (χ4n) is 6.05. The van der Waals surface area contributed by atoms with Crippen LogP contribution in [-0.2, 0) is 32.0 Å². The zero-order valence-electron chi connectivity index (χ0n) is 31.1. The predicted molar refractivity (Wildman–Crippen MR) is 215 cm³/mol. The van der Waals surface area contributed by atoms with Gasteiger partial charge >= 0.3 is 5.97 Å². The molecule has 12 nitrogen and oxygen atoms in total. The Labute approximate surface area is 320 Å². The number of para-hydroxylation sites is 1. The molecule has 0 spiro atoms. The van der Waals surface area contributed by atoms with E-state index in [0.717, 1.165) is 37.1 Å². The molecule has 0 radical (unpaired) electrons. The summed E-state index contributed by atoms with van der Waals surface area (Å²) in [5, 5.41) is 9.63. The number of nitrogens with zero attached hydrogens (tertiary/aromatic N) is 7. The summed E-state index contributed by atoms with van der Waals surface area (Å²) in [6.45, 7) is 12.8. The number of carbonyl (C=O) groups excluding carboxylic acids is 1. The Hall–Kier alpha value is -3.80. The van der Waals surface area contributed by atoms with Crippen molar-refractivity contribution in [3.63, 3.8) is 0 Å². The van der Waals surface area contributed by atoms with E-state index in [2.05, 4.69) is 46.5 Å². The van der Waals surface area contributed by atoms with Crippen LogP contribution in [0.4, 0.5) is 16.8 Å². The molecule has 6 rings (SSSR count). The maximum atomic E-state index is 13.2. The van der Waals surface area contributed by atoms with E-state index in [1.807, 2.05) is 67.4 Å². The highest BCUT2D eigenvalue weighted by Crippen LogP contribution is 2.40. The summed E-state index contributed by atoms with van der Waals surface area (Å²) in [5.41, 5.74) is 2.91. The third-order valence-corrected chi connectivity index (χ3v) is 15.0. The summed E-state index contributed by atoms with van der Waals surface area (Å²) < 4.78 is 42.7. The maximum absolute atomic E-state index is 13.2. The lowest BCUT2D eigenvalue weighted by Gasteiger charge is -2.31. The van der Waals surface area contributed by atoms with Gasteiger partial charge in [-0.15, -0.1) is 21.5 Å². The molecule has 282 valence electrons. The van der Waals surface area contributed by atoms with Crippen LogP contribution in [0.2, 0.25) is 25.7 Å². The molecular formula is C37H47N7O5S3Si. The largest absolute Gasteiger partial charge is 0.461 e. The molecule has 0 bridgehead atoms. The molecule has 0 atom stereocenters. The number of anilines is 2. The van der Waals surface area contributed by atoms with Gasteiger partial charge in [0.1, 0.15) is 6.73 Å². The highest BCUT2D eigenvalue weighted by atomic mass is 32.2. The number of thiazole rings is 2. The van der Waals surface area contributed by atoms with Crippen molar-refractivity contribution in [3.8, 4) is 0 Å². The van der Waals surface area contributed by atoms with Crippen LogP contribution in [-0.4, -0.2) is 79.9 Å². The molecule has 0 N–H and O–H groups in total. The van der Waals surface area contributed by atoms with Gasteiger partial charge in [0.25, 0.3) is 0 Å². The zero-order chi connectivity index (χ0) is 37.8. The molecule has 2 aromatic carbocycles. The number of hydrogen-bond donors (Lipinski definition) is 0. The number of hydrogen-bond acceptors (Lipinski definition) is 12. The van der Waals surface area contributed by atoms with Crippen LogP contribution in [0.25, 0.3) is 10.2 Å². The molecular weight excluding hydrogens is 747 g/mol. The van der Waals surface area contributed by atoms with E-state index in [0.29, 0.717) is 56.0 Å². The highest BCUT2D eigenvalue weighted by molar-refractivity contribution is 7.88. The predicted octanol–water partition coefficient (Wildman–Crippen LogP) is 7.46.